The summed E-state index contributed by atoms with van der Waals surface area (Å²) in [5.41, 5.74) is 1.47. The van der Waals surface area contributed by atoms with Crippen LogP contribution in [-0.2, 0) is 0 Å². The third-order valence-electron chi connectivity index (χ3n) is 3.44. The van der Waals surface area contributed by atoms with Crippen molar-refractivity contribution in [3.63, 3.8) is 0 Å². The predicted octanol–water partition coefficient (Wildman–Crippen LogP) is 1.52. The van der Waals surface area contributed by atoms with Gasteiger partial charge in [0.25, 0.3) is 5.91 Å². The first-order valence-electron chi connectivity index (χ1n) is 6.36. The lowest BCUT2D eigenvalue weighted by molar-refractivity contribution is 0.0783. The van der Waals surface area contributed by atoms with Crippen molar-refractivity contribution in [2.24, 2.45) is 0 Å². The molecule has 0 aliphatic carbocycles. The highest BCUT2D eigenvalue weighted by atomic mass is 16.3. The van der Waals surface area contributed by atoms with E-state index in [1.165, 1.54) is 6.42 Å². The zero-order valence-corrected chi connectivity index (χ0v) is 10.9. The molecule has 1 unspecified atom stereocenters. The molecule has 2 N–H and O–H groups in total. The summed E-state index contributed by atoms with van der Waals surface area (Å²) < 4.78 is 0. The fourth-order valence-electron chi connectivity index (χ4n) is 2.42. The second kappa shape index (κ2) is 5.40. The minimum atomic E-state index is 0.0150. The summed E-state index contributed by atoms with van der Waals surface area (Å²) >= 11 is 0. The molecule has 4 heteroatoms. The normalized spacial score (nSPS) is 18.9. The molecule has 0 bridgehead atoms. The number of likely N-dealkylation sites (N-methyl/N-ethyl adjacent to an activating group) is 1. The maximum absolute atomic E-state index is 12.3. The van der Waals surface area contributed by atoms with Gasteiger partial charge in [0.2, 0.25) is 0 Å². The lowest BCUT2D eigenvalue weighted by atomic mass is 10.1. The smallest absolute Gasteiger partial charge is 0.253 e. The van der Waals surface area contributed by atoms with Gasteiger partial charge in [0.15, 0.2) is 0 Å². The average Bonchev–Trinajstić information content (AvgIpc) is 2.81. The number of aromatic hydroxyl groups is 1. The van der Waals surface area contributed by atoms with Crippen LogP contribution in [0.2, 0.25) is 0 Å². The number of phenols is 1. The average molecular weight is 248 g/mol. The molecule has 4 nitrogen and oxygen atoms in total. The fraction of sp³-hybridized carbons (Fsp3) is 0.500. The quantitative estimate of drug-likeness (QED) is 0.853. The molecule has 1 aromatic rings. The molecule has 0 radical (unpaired) electrons. The first-order valence-corrected chi connectivity index (χ1v) is 6.36. The first kappa shape index (κ1) is 12.9. The van der Waals surface area contributed by atoms with E-state index in [0.717, 1.165) is 25.1 Å². The van der Waals surface area contributed by atoms with Crippen LogP contribution in [0.3, 0.4) is 0 Å². The molecule has 1 saturated heterocycles. The lowest BCUT2D eigenvalue weighted by Crippen LogP contribution is -2.38. The topological polar surface area (TPSA) is 52.6 Å². The Kier molecular flexibility index (Phi) is 3.87. The maximum atomic E-state index is 12.3. The fourth-order valence-corrected chi connectivity index (χ4v) is 2.42. The molecule has 1 fully saturated rings. The molecule has 2 rings (SSSR count). The molecule has 1 atom stereocenters. The van der Waals surface area contributed by atoms with E-state index in [2.05, 4.69) is 5.32 Å². The number of aryl methyl sites for hydroxylation is 1. The van der Waals surface area contributed by atoms with Crippen molar-refractivity contribution < 1.29 is 9.90 Å². The van der Waals surface area contributed by atoms with Crippen molar-refractivity contribution in [1.82, 2.24) is 10.2 Å². The van der Waals surface area contributed by atoms with Gasteiger partial charge in [0.05, 0.1) is 0 Å². The van der Waals surface area contributed by atoms with E-state index in [9.17, 15) is 9.90 Å². The number of carbonyl (C=O) groups excluding carboxylic acids is 1. The van der Waals surface area contributed by atoms with Crippen LogP contribution in [0.5, 0.6) is 5.75 Å². The third-order valence-corrected chi connectivity index (χ3v) is 3.44. The number of hydrogen-bond donors (Lipinski definition) is 2. The van der Waals surface area contributed by atoms with Crippen LogP contribution in [0.25, 0.3) is 0 Å². The van der Waals surface area contributed by atoms with Crippen molar-refractivity contribution in [2.45, 2.75) is 25.8 Å². The van der Waals surface area contributed by atoms with Crippen LogP contribution in [-0.4, -0.2) is 42.1 Å². The molecule has 0 spiro atoms. The number of benzene rings is 1. The molecule has 1 heterocycles. The summed E-state index contributed by atoms with van der Waals surface area (Å²) in [6.45, 7) is 3.62. The minimum Gasteiger partial charge on any atom is -0.508 e. The van der Waals surface area contributed by atoms with Crippen LogP contribution in [0.15, 0.2) is 18.2 Å². The second-order valence-corrected chi connectivity index (χ2v) is 4.98. The van der Waals surface area contributed by atoms with Gasteiger partial charge in [-0.05, 0) is 50.1 Å². The zero-order valence-electron chi connectivity index (χ0n) is 10.9. The maximum Gasteiger partial charge on any atom is 0.253 e. The number of amides is 1. The van der Waals surface area contributed by atoms with Crippen molar-refractivity contribution >= 4 is 5.91 Å². The molecule has 98 valence electrons. The Morgan fingerprint density at radius 1 is 1.56 bits per heavy atom. The van der Waals surface area contributed by atoms with E-state index in [0.29, 0.717) is 11.6 Å². The summed E-state index contributed by atoms with van der Waals surface area (Å²) in [5, 5.41) is 12.7. The van der Waals surface area contributed by atoms with Crippen LogP contribution < -0.4 is 5.32 Å². The standard InChI is InChI=1S/C14H20N2O2/c1-10-8-12(17)5-6-13(10)14(18)16(2)9-11-4-3-7-15-11/h5-6,8,11,15,17H,3-4,7,9H2,1-2H3. The van der Waals surface area contributed by atoms with Gasteiger partial charge in [-0.2, -0.15) is 0 Å². The first-order chi connectivity index (χ1) is 8.58. The molecule has 18 heavy (non-hydrogen) atoms. The highest BCUT2D eigenvalue weighted by Gasteiger charge is 2.20. The zero-order chi connectivity index (χ0) is 13.1. The van der Waals surface area contributed by atoms with Gasteiger partial charge in [-0.3, -0.25) is 4.79 Å². The van der Waals surface area contributed by atoms with Gasteiger partial charge in [-0.1, -0.05) is 0 Å². The Morgan fingerprint density at radius 3 is 2.94 bits per heavy atom. The van der Waals surface area contributed by atoms with Gasteiger partial charge in [-0.15, -0.1) is 0 Å². The van der Waals surface area contributed by atoms with Crippen molar-refractivity contribution in [2.75, 3.05) is 20.1 Å². The van der Waals surface area contributed by atoms with Gasteiger partial charge in [0, 0.05) is 25.2 Å². The largest absolute Gasteiger partial charge is 0.508 e. The van der Waals surface area contributed by atoms with E-state index >= 15 is 0 Å². The van der Waals surface area contributed by atoms with Crippen LogP contribution >= 0.6 is 0 Å². The van der Waals surface area contributed by atoms with Crippen molar-refractivity contribution in [1.29, 1.82) is 0 Å². The van der Waals surface area contributed by atoms with E-state index in [1.54, 1.807) is 23.1 Å². The number of nitrogens with zero attached hydrogens (tertiary/aromatic N) is 1. The molecule has 0 saturated carbocycles. The Hall–Kier alpha value is -1.55. The SMILES string of the molecule is Cc1cc(O)ccc1C(=O)N(C)CC1CCCN1. The summed E-state index contributed by atoms with van der Waals surface area (Å²) in [6, 6.07) is 5.28. The highest BCUT2D eigenvalue weighted by molar-refractivity contribution is 5.95. The molecule has 1 aliphatic rings. The van der Waals surface area contributed by atoms with Crippen molar-refractivity contribution in [3.8, 4) is 5.75 Å². The van der Waals surface area contributed by atoms with Gasteiger partial charge < -0.3 is 15.3 Å². The van der Waals surface area contributed by atoms with Gasteiger partial charge >= 0.3 is 0 Å². The molecular weight excluding hydrogens is 228 g/mol. The van der Waals surface area contributed by atoms with E-state index in [4.69, 9.17) is 0 Å². The number of nitrogens with one attached hydrogen (secondary N) is 1. The highest BCUT2D eigenvalue weighted by Crippen LogP contribution is 2.17. The molecule has 0 aromatic heterocycles. The van der Waals surface area contributed by atoms with E-state index in [-0.39, 0.29) is 11.7 Å². The Bertz CT molecular complexity index is 439. The van der Waals surface area contributed by atoms with Gasteiger partial charge in [0.1, 0.15) is 5.75 Å². The number of phenolic OH excluding ortho intramolecular Hbond substituents is 1. The summed E-state index contributed by atoms with van der Waals surface area (Å²) in [6.07, 6.45) is 2.32. The Morgan fingerprint density at radius 2 is 2.33 bits per heavy atom. The number of carbonyl (C=O) groups is 1. The van der Waals surface area contributed by atoms with Crippen LogP contribution in [0, 0.1) is 6.92 Å². The molecule has 1 aromatic carbocycles. The third kappa shape index (κ3) is 2.82. The number of hydrogen-bond acceptors (Lipinski definition) is 3. The molecule has 1 amide bonds. The predicted molar refractivity (Wildman–Crippen MR) is 70.8 cm³/mol. The monoisotopic (exact) mass is 248 g/mol. The van der Waals surface area contributed by atoms with E-state index in [1.807, 2.05) is 14.0 Å². The molecular formula is C14H20N2O2. The van der Waals surface area contributed by atoms with Crippen LogP contribution in [0.1, 0.15) is 28.8 Å². The van der Waals surface area contributed by atoms with Crippen molar-refractivity contribution in [3.05, 3.63) is 29.3 Å². The Balaban J connectivity index is 2.05. The van der Waals surface area contributed by atoms with E-state index < -0.39 is 0 Å². The lowest BCUT2D eigenvalue weighted by Gasteiger charge is -2.22. The minimum absolute atomic E-state index is 0.0150. The Labute approximate surface area is 108 Å². The number of rotatable bonds is 3. The summed E-state index contributed by atoms with van der Waals surface area (Å²) in [4.78, 5) is 14.0. The summed E-state index contributed by atoms with van der Waals surface area (Å²) in [5.74, 6) is 0.213. The summed E-state index contributed by atoms with van der Waals surface area (Å²) in [7, 11) is 1.83. The van der Waals surface area contributed by atoms with Crippen LogP contribution in [0.4, 0.5) is 0 Å². The van der Waals surface area contributed by atoms with Gasteiger partial charge in [-0.25, -0.2) is 0 Å². The second-order valence-electron chi connectivity index (χ2n) is 4.98. The molecule has 1 aliphatic heterocycles.